The molecular weight excluding hydrogens is 311 g/mol. The van der Waals surface area contributed by atoms with Crippen molar-refractivity contribution >= 4 is 17.6 Å². The van der Waals surface area contributed by atoms with E-state index in [2.05, 4.69) is 0 Å². The fourth-order valence-electron chi connectivity index (χ4n) is 2.46. The summed E-state index contributed by atoms with van der Waals surface area (Å²) in [5, 5.41) is 18.4. The second kappa shape index (κ2) is 5.38. The van der Waals surface area contributed by atoms with E-state index >= 15 is 0 Å². The Kier molecular flexibility index (Phi) is 4.08. The largest absolute Gasteiger partial charge is 0.506 e. The number of halogens is 4. The number of hydrogen-bond acceptors (Lipinski definition) is 3. The molecule has 1 saturated heterocycles. The van der Waals surface area contributed by atoms with E-state index in [4.69, 9.17) is 16.7 Å². The Morgan fingerprint density at radius 2 is 2.10 bits per heavy atom. The van der Waals surface area contributed by atoms with Gasteiger partial charge in [-0.25, -0.2) is 0 Å². The number of aromatic hydroxyl groups is 1. The van der Waals surface area contributed by atoms with Gasteiger partial charge in [-0.3, -0.25) is 9.69 Å². The molecule has 1 fully saturated rings. The maximum atomic E-state index is 13.0. The van der Waals surface area contributed by atoms with Gasteiger partial charge in [0, 0.05) is 19.6 Å². The third kappa shape index (κ3) is 2.94. The minimum absolute atomic E-state index is 0.0320. The summed E-state index contributed by atoms with van der Waals surface area (Å²) in [6.45, 7) is -0.417. The quantitative estimate of drug-likeness (QED) is 0.898. The van der Waals surface area contributed by atoms with Crippen molar-refractivity contribution in [3.8, 4) is 5.75 Å². The Morgan fingerprint density at radius 1 is 1.43 bits per heavy atom. The molecule has 0 aromatic heterocycles. The third-order valence-corrected chi connectivity index (χ3v) is 4.02. The molecule has 116 valence electrons. The lowest BCUT2D eigenvalue weighted by atomic mass is 9.86. The fraction of sp³-hybridized carbons (Fsp3) is 0.462. The molecule has 1 aliphatic heterocycles. The number of nitrogens with zero attached hydrogens (tertiary/aromatic N) is 1. The standard InChI is InChI=1S/C13H13ClF3NO3/c14-9-5-8(1-2-10(9)19)6-18-4-3-12(7-18,11(20)21)13(15,16)17/h1-2,5,19H,3-4,6-7H2,(H,20,21). The molecule has 1 aromatic carbocycles. The summed E-state index contributed by atoms with van der Waals surface area (Å²) < 4.78 is 39.1. The van der Waals surface area contributed by atoms with Gasteiger partial charge in [-0.2, -0.15) is 13.2 Å². The third-order valence-electron chi connectivity index (χ3n) is 3.72. The van der Waals surface area contributed by atoms with Crippen LogP contribution in [0.15, 0.2) is 18.2 Å². The molecular formula is C13H13ClF3NO3. The van der Waals surface area contributed by atoms with E-state index in [-0.39, 0.29) is 23.9 Å². The van der Waals surface area contributed by atoms with Crippen molar-refractivity contribution in [2.24, 2.45) is 5.41 Å². The van der Waals surface area contributed by atoms with Crippen molar-refractivity contribution in [1.29, 1.82) is 0 Å². The van der Waals surface area contributed by atoms with Crippen LogP contribution in [0.1, 0.15) is 12.0 Å². The van der Waals surface area contributed by atoms with Crippen molar-refractivity contribution in [2.75, 3.05) is 13.1 Å². The van der Waals surface area contributed by atoms with Crippen LogP contribution >= 0.6 is 11.6 Å². The van der Waals surface area contributed by atoms with Crippen LogP contribution in [0.5, 0.6) is 5.75 Å². The predicted octanol–water partition coefficient (Wildman–Crippen LogP) is 2.88. The van der Waals surface area contributed by atoms with Crippen molar-refractivity contribution in [1.82, 2.24) is 4.90 Å². The molecule has 1 atom stereocenters. The lowest BCUT2D eigenvalue weighted by Crippen LogP contribution is -2.47. The minimum atomic E-state index is -4.79. The summed E-state index contributed by atoms with van der Waals surface area (Å²) in [6.07, 6.45) is -5.27. The summed E-state index contributed by atoms with van der Waals surface area (Å²) in [4.78, 5) is 12.5. The van der Waals surface area contributed by atoms with E-state index in [9.17, 15) is 23.1 Å². The highest BCUT2D eigenvalue weighted by molar-refractivity contribution is 6.32. The molecule has 0 aliphatic carbocycles. The minimum Gasteiger partial charge on any atom is -0.506 e. The molecule has 2 rings (SSSR count). The van der Waals surface area contributed by atoms with Crippen LogP contribution in [0.25, 0.3) is 0 Å². The summed E-state index contributed by atoms with van der Waals surface area (Å²) in [6, 6.07) is 4.34. The number of likely N-dealkylation sites (tertiary alicyclic amines) is 1. The number of aliphatic carboxylic acids is 1. The van der Waals surface area contributed by atoms with E-state index in [1.54, 1.807) is 0 Å². The number of carboxylic acids is 1. The number of carboxylic acid groups (broad SMARTS) is 1. The molecule has 0 amide bonds. The van der Waals surface area contributed by atoms with Crippen LogP contribution in [0.4, 0.5) is 13.2 Å². The van der Waals surface area contributed by atoms with Crippen molar-refractivity contribution in [3.05, 3.63) is 28.8 Å². The molecule has 4 nitrogen and oxygen atoms in total. The second-order valence-electron chi connectivity index (χ2n) is 5.13. The number of benzene rings is 1. The smallest absolute Gasteiger partial charge is 0.406 e. The van der Waals surface area contributed by atoms with Crippen LogP contribution in [-0.2, 0) is 11.3 Å². The number of alkyl halides is 3. The zero-order valence-electron chi connectivity index (χ0n) is 10.8. The zero-order valence-corrected chi connectivity index (χ0v) is 11.6. The highest BCUT2D eigenvalue weighted by Gasteiger charge is 2.63. The molecule has 1 heterocycles. The molecule has 1 aromatic rings. The van der Waals surface area contributed by atoms with Gasteiger partial charge in [0.05, 0.1) is 5.02 Å². The van der Waals surface area contributed by atoms with Gasteiger partial charge in [0.1, 0.15) is 5.75 Å². The van der Waals surface area contributed by atoms with Gasteiger partial charge in [-0.15, -0.1) is 0 Å². The van der Waals surface area contributed by atoms with Gasteiger partial charge in [0.2, 0.25) is 0 Å². The Hall–Kier alpha value is -1.47. The first-order valence-electron chi connectivity index (χ1n) is 6.15. The Balaban J connectivity index is 2.14. The Morgan fingerprint density at radius 3 is 2.57 bits per heavy atom. The van der Waals surface area contributed by atoms with Crippen LogP contribution in [0, 0.1) is 5.41 Å². The molecule has 21 heavy (non-hydrogen) atoms. The number of phenols is 1. The normalized spacial score (nSPS) is 23.4. The van der Waals surface area contributed by atoms with E-state index in [1.807, 2.05) is 0 Å². The lowest BCUT2D eigenvalue weighted by Gasteiger charge is -2.27. The number of rotatable bonds is 3. The van der Waals surface area contributed by atoms with Crippen LogP contribution in [-0.4, -0.2) is 40.3 Å². The Bertz CT molecular complexity index is 564. The van der Waals surface area contributed by atoms with E-state index in [0.29, 0.717) is 5.56 Å². The van der Waals surface area contributed by atoms with E-state index in [0.717, 1.165) is 0 Å². The van der Waals surface area contributed by atoms with Crippen LogP contribution in [0.2, 0.25) is 5.02 Å². The van der Waals surface area contributed by atoms with Gasteiger partial charge in [-0.05, 0) is 24.1 Å². The topological polar surface area (TPSA) is 60.8 Å². The van der Waals surface area contributed by atoms with Crippen molar-refractivity contribution in [2.45, 2.75) is 19.1 Å². The van der Waals surface area contributed by atoms with Gasteiger partial charge in [0.15, 0.2) is 5.41 Å². The average molecular weight is 324 g/mol. The molecule has 0 spiro atoms. The highest BCUT2D eigenvalue weighted by atomic mass is 35.5. The molecule has 1 aliphatic rings. The Labute approximate surface area is 123 Å². The second-order valence-corrected chi connectivity index (χ2v) is 5.54. The number of carbonyl (C=O) groups is 1. The summed E-state index contributed by atoms with van der Waals surface area (Å²) in [7, 11) is 0. The monoisotopic (exact) mass is 323 g/mol. The first-order chi connectivity index (χ1) is 9.65. The first kappa shape index (κ1) is 15.9. The van der Waals surface area contributed by atoms with Gasteiger partial charge >= 0.3 is 12.1 Å². The SMILES string of the molecule is O=C(O)C1(C(F)(F)F)CCN(Cc2ccc(O)c(Cl)c2)C1. The maximum absolute atomic E-state index is 13.0. The highest BCUT2D eigenvalue weighted by Crippen LogP contribution is 2.46. The molecule has 8 heteroatoms. The molecule has 0 bridgehead atoms. The number of phenolic OH excluding ortho intramolecular Hbond substituents is 1. The van der Waals surface area contributed by atoms with Gasteiger partial charge in [-0.1, -0.05) is 17.7 Å². The molecule has 2 N–H and O–H groups in total. The van der Waals surface area contributed by atoms with E-state index in [1.165, 1.54) is 23.1 Å². The first-order valence-corrected chi connectivity index (χ1v) is 6.53. The zero-order chi connectivity index (χ0) is 15.8. The predicted molar refractivity (Wildman–Crippen MR) is 69.1 cm³/mol. The van der Waals surface area contributed by atoms with Gasteiger partial charge in [0.25, 0.3) is 0 Å². The maximum Gasteiger partial charge on any atom is 0.406 e. The lowest BCUT2D eigenvalue weighted by molar-refractivity contribution is -0.227. The van der Waals surface area contributed by atoms with Gasteiger partial charge < -0.3 is 10.2 Å². The fourth-order valence-corrected chi connectivity index (χ4v) is 2.66. The summed E-state index contributed by atoms with van der Waals surface area (Å²) in [5.41, 5.74) is -2.10. The average Bonchev–Trinajstić information content (AvgIpc) is 2.79. The van der Waals surface area contributed by atoms with Crippen molar-refractivity contribution in [3.63, 3.8) is 0 Å². The number of hydrogen-bond donors (Lipinski definition) is 2. The van der Waals surface area contributed by atoms with Crippen molar-refractivity contribution < 1.29 is 28.2 Å². The van der Waals surface area contributed by atoms with Crippen LogP contribution in [0.3, 0.4) is 0 Å². The van der Waals surface area contributed by atoms with E-state index < -0.39 is 30.5 Å². The molecule has 0 saturated carbocycles. The molecule has 1 unspecified atom stereocenters. The summed E-state index contributed by atoms with van der Waals surface area (Å²) >= 11 is 5.74. The molecule has 0 radical (unpaired) electrons. The van der Waals surface area contributed by atoms with Crippen LogP contribution < -0.4 is 0 Å². The summed E-state index contributed by atoms with van der Waals surface area (Å²) in [5.74, 6) is -1.96.